The molecule has 0 heterocycles. The molecule has 9 nitrogen and oxygen atoms in total. The van der Waals surface area contributed by atoms with Gasteiger partial charge in [0.15, 0.2) is 11.4 Å². The van der Waals surface area contributed by atoms with Crippen molar-refractivity contribution in [3.8, 4) is 5.75 Å². The van der Waals surface area contributed by atoms with Crippen molar-refractivity contribution >= 4 is 35.4 Å². The molecule has 1 fully saturated rings. The summed E-state index contributed by atoms with van der Waals surface area (Å²) in [5.74, 6) is -6.65. The normalized spacial score (nSPS) is 27.0. The van der Waals surface area contributed by atoms with Crippen LogP contribution in [0.1, 0.15) is 28.7 Å². The summed E-state index contributed by atoms with van der Waals surface area (Å²) < 4.78 is 0. The molecule has 0 aliphatic heterocycles. The molecule has 196 valence electrons. The first-order chi connectivity index (χ1) is 18.0. The van der Waals surface area contributed by atoms with E-state index in [1.165, 1.54) is 11.0 Å². The van der Waals surface area contributed by atoms with Gasteiger partial charge < -0.3 is 26.2 Å². The molecule has 5 rings (SSSR count). The van der Waals surface area contributed by atoms with Crippen LogP contribution in [-0.2, 0) is 20.8 Å². The van der Waals surface area contributed by atoms with Crippen molar-refractivity contribution in [2.45, 2.75) is 24.5 Å². The van der Waals surface area contributed by atoms with E-state index >= 15 is 0 Å². The van der Waals surface area contributed by atoms with Crippen LogP contribution in [0, 0.1) is 11.8 Å². The number of nitrogens with zero attached hydrogens (tertiary/aromatic N) is 1. The summed E-state index contributed by atoms with van der Waals surface area (Å²) in [4.78, 5) is 40.6. The fourth-order valence-corrected chi connectivity index (χ4v) is 6.17. The van der Waals surface area contributed by atoms with Crippen LogP contribution in [0.4, 0.5) is 0 Å². The number of primary amides is 1. The van der Waals surface area contributed by atoms with Gasteiger partial charge in [-0.3, -0.25) is 19.3 Å². The molecule has 0 radical (unpaired) electrons. The van der Waals surface area contributed by atoms with Crippen LogP contribution in [0.2, 0.25) is 0 Å². The maximum absolute atomic E-state index is 13.9. The third-order valence-corrected chi connectivity index (χ3v) is 7.90. The topological polar surface area (TPSA) is 161 Å². The van der Waals surface area contributed by atoms with Crippen LogP contribution in [-0.4, -0.2) is 68.5 Å². The predicted molar refractivity (Wildman–Crippen MR) is 140 cm³/mol. The van der Waals surface area contributed by atoms with Gasteiger partial charge in [0.25, 0.3) is 5.91 Å². The second-order valence-corrected chi connectivity index (χ2v) is 10.2. The van der Waals surface area contributed by atoms with Crippen molar-refractivity contribution < 1.29 is 34.8 Å². The highest BCUT2D eigenvalue weighted by atomic mass is 16.3. The maximum atomic E-state index is 13.9. The van der Waals surface area contributed by atoms with Crippen molar-refractivity contribution in [2.24, 2.45) is 17.6 Å². The zero-order chi connectivity index (χ0) is 27.5. The highest BCUT2D eigenvalue weighted by Gasteiger charge is 2.64. The van der Waals surface area contributed by atoms with E-state index in [1.54, 1.807) is 20.2 Å². The van der Waals surface area contributed by atoms with Gasteiger partial charge in [0, 0.05) is 11.5 Å². The number of phenolic OH excluding ortho intramolecular Hbond substituents is 1. The summed E-state index contributed by atoms with van der Waals surface area (Å²) in [6.07, 6.45) is 4.03. The zero-order valence-electron chi connectivity index (χ0n) is 20.9. The first-order valence-electron chi connectivity index (χ1n) is 12.2. The van der Waals surface area contributed by atoms with Gasteiger partial charge in [-0.1, -0.05) is 48.6 Å². The number of fused-ring (bicyclic) bond motifs is 3. The Hall–Kier alpha value is -4.21. The molecule has 0 spiro atoms. The van der Waals surface area contributed by atoms with Crippen LogP contribution in [0.25, 0.3) is 17.9 Å². The number of aliphatic hydroxyl groups is 3. The van der Waals surface area contributed by atoms with Crippen molar-refractivity contribution in [3.05, 3.63) is 81.6 Å². The number of ketones is 2. The molecular weight excluding hydrogens is 488 g/mol. The molecule has 1 saturated carbocycles. The molecule has 2 aromatic rings. The molecule has 4 atom stereocenters. The molecule has 0 bridgehead atoms. The molecule has 0 saturated heterocycles. The standard InChI is InChI=1S/C29H28N2O7/c1-31(2)23-18-13-16-12-17-15(9-8-14-6-4-3-5-7-14)10-11-19(32)21(17)24(33)20(16)26(35)29(18,38)27(36)22(25(23)34)28(30)37/h3-11,16,18,23,32-33,36,38H,12-13H2,1-2H3,(H2,30,37)/b9-8+/t16-,18-,23-,29-/m1/s1. The first kappa shape index (κ1) is 25.4. The monoisotopic (exact) mass is 516 g/mol. The van der Waals surface area contributed by atoms with E-state index in [-0.39, 0.29) is 29.7 Å². The minimum absolute atomic E-state index is 0.0449. The van der Waals surface area contributed by atoms with Crippen LogP contribution < -0.4 is 5.73 Å². The summed E-state index contributed by atoms with van der Waals surface area (Å²) in [6, 6.07) is 11.6. The van der Waals surface area contributed by atoms with Gasteiger partial charge in [0.2, 0.25) is 5.78 Å². The molecule has 3 aliphatic rings. The highest BCUT2D eigenvalue weighted by molar-refractivity contribution is 6.24. The number of Topliss-reactive ketones (excluding diaryl/α,β-unsaturated/α-hetero) is 2. The van der Waals surface area contributed by atoms with Gasteiger partial charge in [-0.2, -0.15) is 0 Å². The Bertz CT molecular complexity index is 1470. The average molecular weight is 517 g/mol. The number of hydrogen-bond acceptors (Lipinski definition) is 8. The van der Waals surface area contributed by atoms with Crippen LogP contribution in [0.3, 0.4) is 0 Å². The fraction of sp³-hybridized carbons (Fsp3) is 0.276. The third kappa shape index (κ3) is 3.58. The summed E-state index contributed by atoms with van der Waals surface area (Å²) in [5, 5.41) is 44.5. The van der Waals surface area contributed by atoms with Gasteiger partial charge in [-0.15, -0.1) is 0 Å². The zero-order valence-corrected chi connectivity index (χ0v) is 20.9. The summed E-state index contributed by atoms with van der Waals surface area (Å²) in [5.41, 5.74) is 4.05. The van der Waals surface area contributed by atoms with E-state index in [2.05, 4.69) is 0 Å². The summed E-state index contributed by atoms with van der Waals surface area (Å²) in [6.45, 7) is 0. The molecule has 3 aliphatic carbocycles. The predicted octanol–water partition coefficient (Wildman–Crippen LogP) is 2.13. The van der Waals surface area contributed by atoms with E-state index in [0.29, 0.717) is 5.56 Å². The molecule has 9 heteroatoms. The number of benzene rings is 2. The molecule has 0 aromatic heterocycles. The summed E-state index contributed by atoms with van der Waals surface area (Å²) >= 11 is 0. The fourth-order valence-electron chi connectivity index (χ4n) is 6.17. The molecule has 38 heavy (non-hydrogen) atoms. The number of rotatable bonds is 4. The number of hydrogen-bond donors (Lipinski definition) is 5. The number of phenols is 1. The molecule has 1 amide bonds. The number of aliphatic hydroxyl groups excluding tert-OH is 2. The van der Waals surface area contributed by atoms with Crippen LogP contribution in [0.15, 0.2) is 59.4 Å². The minimum atomic E-state index is -2.65. The lowest BCUT2D eigenvalue weighted by Gasteiger charge is -2.50. The summed E-state index contributed by atoms with van der Waals surface area (Å²) in [7, 11) is 3.13. The number of likely N-dealkylation sites (N-methyl/N-ethyl adjacent to an activating group) is 1. The maximum Gasteiger partial charge on any atom is 0.255 e. The Kier molecular flexibility index (Phi) is 6.00. The van der Waals surface area contributed by atoms with Crippen LogP contribution >= 0.6 is 0 Å². The lowest BCUT2D eigenvalue weighted by Crippen LogP contribution is -2.65. The van der Waals surface area contributed by atoms with E-state index < -0.39 is 58.0 Å². The number of nitrogens with two attached hydrogens (primary N) is 1. The van der Waals surface area contributed by atoms with Crippen molar-refractivity contribution in [3.63, 3.8) is 0 Å². The highest BCUT2D eigenvalue weighted by Crippen LogP contribution is 2.53. The largest absolute Gasteiger partial charge is 0.508 e. The second kappa shape index (κ2) is 8.97. The Balaban J connectivity index is 1.68. The van der Waals surface area contributed by atoms with Crippen molar-refractivity contribution in [1.82, 2.24) is 4.90 Å². The number of amides is 1. The first-order valence-corrected chi connectivity index (χ1v) is 12.2. The van der Waals surface area contributed by atoms with Crippen molar-refractivity contribution in [1.29, 1.82) is 0 Å². The lowest BCUT2D eigenvalue weighted by molar-refractivity contribution is -0.153. The van der Waals surface area contributed by atoms with Gasteiger partial charge >= 0.3 is 0 Å². The molecule has 6 N–H and O–H groups in total. The smallest absolute Gasteiger partial charge is 0.255 e. The van der Waals surface area contributed by atoms with E-state index in [0.717, 1.165) is 11.1 Å². The average Bonchev–Trinajstić information content (AvgIpc) is 2.86. The SMILES string of the molecule is CN(C)[C@H]1C(=O)C(C(N)=O)=C(O)[C@]2(O)C(=O)C3=C(O)c4c(O)ccc(/C=C/c5ccccc5)c4C[C@@H]3C[C@H]12. The third-order valence-electron chi connectivity index (χ3n) is 7.90. The van der Waals surface area contributed by atoms with Crippen molar-refractivity contribution in [2.75, 3.05) is 14.1 Å². The Morgan fingerprint density at radius 2 is 1.74 bits per heavy atom. The van der Waals surface area contributed by atoms with E-state index in [1.807, 2.05) is 42.5 Å². The van der Waals surface area contributed by atoms with Crippen LogP contribution in [0.5, 0.6) is 5.75 Å². The van der Waals surface area contributed by atoms with Gasteiger partial charge in [-0.25, -0.2) is 0 Å². The number of aromatic hydroxyl groups is 1. The van der Waals surface area contributed by atoms with Gasteiger partial charge in [0.05, 0.1) is 11.6 Å². The van der Waals surface area contributed by atoms with Gasteiger partial charge in [0.1, 0.15) is 22.8 Å². The molecule has 0 unspecified atom stereocenters. The number of carbonyl (C=O) groups excluding carboxylic acids is 3. The van der Waals surface area contributed by atoms with Gasteiger partial charge in [-0.05, 0) is 55.6 Å². The molecular formula is C29H28N2O7. The Labute approximate surface area is 218 Å². The number of carbonyl (C=O) groups is 3. The van der Waals surface area contributed by atoms with E-state index in [4.69, 9.17) is 5.73 Å². The second-order valence-electron chi connectivity index (χ2n) is 10.2. The quantitative estimate of drug-likeness (QED) is 0.305. The molecule has 2 aromatic carbocycles. The Morgan fingerprint density at radius 1 is 1.05 bits per heavy atom. The minimum Gasteiger partial charge on any atom is -0.508 e. The van der Waals surface area contributed by atoms with E-state index in [9.17, 15) is 34.8 Å². The lowest BCUT2D eigenvalue weighted by atomic mass is 9.57. The Morgan fingerprint density at radius 3 is 2.37 bits per heavy atom.